The summed E-state index contributed by atoms with van der Waals surface area (Å²) in [5.41, 5.74) is 1.42. The summed E-state index contributed by atoms with van der Waals surface area (Å²) < 4.78 is 26.3. The zero-order valence-corrected chi connectivity index (χ0v) is 13.2. The number of carbonyl (C=O) groups is 1. The summed E-state index contributed by atoms with van der Waals surface area (Å²) in [5, 5.41) is 2.60. The Balaban J connectivity index is 2.17. The van der Waals surface area contributed by atoms with Gasteiger partial charge in [-0.25, -0.2) is 8.42 Å². The van der Waals surface area contributed by atoms with Gasteiger partial charge in [-0.2, -0.15) is 4.31 Å². The molecule has 0 unspecified atom stereocenters. The smallest absolute Gasteiger partial charge is 0.243 e. The van der Waals surface area contributed by atoms with Crippen molar-refractivity contribution in [3.63, 3.8) is 0 Å². The fourth-order valence-corrected chi connectivity index (χ4v) is 3.08. The second-order valence-electron chi connectivity index (χ2n) is 4.82. The van der Waals surface area contributed by atoms with Gasteiger partial charge in [0, 0.05) is 38.6 Å². The predicted octanol–water partition coefficient (Wildman–Crippen LogP) is 1.86. The van der Waals surface area contributed by atoms with E-state index in [4.69, 9.17) is 0 Å². The lowest BCUT2D eigenvalue weighted by Gasteiger charge is -2.17. The quantitative estimate of drug-likeness (QED) is 0.912. The van der Waals surface area contributed by atoms with Crippen LogP contribution in [0, 0.1) is 0 Å². The zero-order chi connectivity index (χ0) is 16.2. The van der Waals surface area contributed by atoms with Gasteiger partial charge in [-0.1, -0.05) is 0 Å². The summed E-state index contributed by atoms with van der Waals surface area (Å²) in [5.74, 6) is -0.203. The Morgan fingerprint density at radius 2 is 1.73 bits per heavy atom. The van der Waals surface area contributed by atoms with Gasteiger partial charge in [0.15, 0.2) is 0 Å². The highest BCUT2D eigenvalue weighted by Crippen LogP contribution is 2.19. The number of benzene rings is 1. The van der Waals surface area contributed by atoms with E-state index in [0.717, 1.165) is 5.56 Å². The normalized spacial score (nSPS) is 11.4. The van der Waals surface area contributed by atoms with E-state index in [1.54, 1.807) is 36.7 Å². The number of rotatable bonds is 5. The Bertz CT molecular complexity index is 743. The van der Waals surface area contributed by atoms with Crippen molar-refractivity contribution < 1.29 is 13.2 Å². The number of nitrogens with zero attached hydrogens (tertiary/aromatic N) is 2. The molecule has 0 bridgehead atoms. The monoisotopic (exact) mass is 319 g/mol. The minimum absolute atomic E-state index is 0.179. The number of hydrogen-bond donors (Lipinski definition) is 1. The first-order valence-electron chi connectivity index (χ1n) is 6.62. The molecule has 0 fully saturated rings. The molecule has 0 saturated carbocycles. The zero-order valence-electron chi connectivity index (χ0n) is 12.4. The highest BCUT2D eigenvalue weighted by atomic mass is 32.2. The van der Waals surface area contributed by atoms with Gasteiger partial charge in [0.25, 0.3) is 0 Å². The van der Waals surface area contributed by atoms with Crippen LogP contribution in [0.5, 0.6) is 0 Å². The van der Waals surface area contributed by atoms with E-state index in [1.165, 1.54) is 30.4 Å². The Morgan fingerprint density at radius 3 is 2.27 bits per heavy atom. The lowest BCUT2D eigenvalue weighted by molar-refractivity contribution is -0.114. The predicted molar refractivity (Wildman–Crippen MR) is 83.6 cm³/mol. The molecule has 1 aromatic carbocycles. The second-order valence-corrected chi connectivity index (χ2v) is 6.87. The summed E-state index contributed by atoms with van der Waals surface area (Å²) in [6.45, 7) is 1.66. The molecule has 22 heavy (non-hydrogen) atoms. The maximum Gasteiger partial charge on any atom is 0.243 e. The maximum atomic E-state index is 12.5. The molecular formula is C15H17N3O3S. The van der Waals surface area contributed by atoms with E-state index in [2.05, 4.69) is 10.3 Å². The third-order valence-electron chi connectivity index (χ3n) is 3.04. The van der Waals surface area contributed by atoms with E-state index in [0.29, 0.717) is 5.69 Å². The van der Waals surface area contributed by atoms with Crippen LogP contribution < -0.4 is 5.32 Å². The van der Waals surface area contributed by atoms with Gasteiger partial charge in [-0.15, -0.1) is 0 Å². The number of nitrogens with one attached hydrogen (secondary N) is 1. The number of pyridine rings is 1. The average Bonchev–Trinajstić information content (AvgIpc) is 2.48. The standard InChI is InChI=1S/C15H17N3O3S/c1-12(19)17-14-3-5-15(6-4-14)22(20,21)18(2)11-13-7-9-16-10-8-13/h3-10H,11H2,1-2H3,(H,17,19). The van der Waals surface area contributed by atoms with Crippen LogP contribution >= 0.6 is 0 Å². The minimum Gasteiger partial charge on any atom is -0.326 e. The SMILES string of the molecule is CC(=O)Nc1ccc(S(=O)(=O)N(C)Cc2ccncc2)cc1. The summed E-state index contributed by atoms with van der Waals surface area (Å²) in [6, 6.07) is 9.62. The number of sulfonamides is 1. The molecule has 2 aromatic rings. The van der Waals surface area contributed by atoms with Crippen molar-refractivity contribution in [2.24, 2.45) is 0 Å². The van der Waals surface area contributed by atoms with E-state index >= 15 is 0 Å². The van der Waals surface area contributed by atoms with Gasteiger partial charge in [0.1, 0.15) is 0 Å². The number of amides is 1. The molecule has 6 nitrogen and oxygen atoms in total. The molecular weight excluding hydrogens is 302 g/mol. The molecule has 1 heterocycles. The topological polar surface area (TPSA) is 79.4 Å². The maximum absolute atomic E-state index is 12.5. The number of aromatic nitrogens is 1. The van der Waals surface area contributed by atoms with Crippen LogP contribution in [-0.2, 0) is 21.4 Å². The summed E-state index contributed by atoms with van der Waals surface area (Å²) >= 11 is 0. The molecule has 0 spiro atoms. The van der Waals surface area contributed by atoms with Crippen molar-refractivity contribution in [2.75, 3.05) is 12.4 Å². The summed E-state index contributed by atoms with van der Waals surface area (Å²) in [7, 11) is -2.06. The second kappa shape index (κ2) is 6.67. The van der Waals surface area contributed by atoms with Crippen molar-refractivity contribution in [2.45, 2.75) is 18.4 Å². The third kappa shape index (κ3) is 3.90. The Morgan fingerprint density at radius 1 is 1.14 bits per heavy atom. The largest absolute Gasteiger partial charge is 0.326 e. The Labute approximate surface area is 129 Å². The molecule has 0 aliphatic carbocycles. The summed E-state index contributed by atoms with van der Waals surface area (Å²) in [4.78, 5) is 15.0. The fourth-order valence-electron chi connectivity index (χ4n) is 1.92. The molecule has 0 saturated heterocycles. The van der Waals surface area contributed by atoms with Crippen LogP contribution in [-0.4, -0.2) is 30.7 Å². The van der Waals surface area contributed by atoms with Crippen molar-refractivity contribution in [1.29, 1.82) is 0 Å². The van der Waals surface area contributed by atoms with Crippen LogP contribution in [0.3, 0.4) is 0 Å². The van der Waals surface area contributed by atoms with Crippen molar-refractivity contribution in [1.82, 2.24) is 9.29 Å². The molecule has 0 aliphatic heterocycles. The molecule has 7 heteroatoms. The van der Waals surface area contributed by atoms with Gasteiger partial charge < -0.3 is 5.32 Å². The molecule has 1 amide bonds. The highest BCUT2D eigenvalue weighted by Gasteiger charge is 2.20. The van der Waals surface area contributed by atoms with Crippen molar-refractivity contribution in [3.8, 4) is 0 Å². The first-order chi connectivity index (χ1) is 10.4. The van der Waals surface area contributed by atoms with Crippen LogP contribution in [0.15, 0.2) is 53.7 Å². The molecule has 0 radical (unpaired) electrons. The van der Waals surface area contributed by atoms with Crippen LogP contribution in [0.2, 0.25) is 0 Å². The van der Waals surface area contributed by atoms with Gasteiger partial charge in [-0.05, 0) is 42.0 Å². The van der Waals surface area contributed by atoms with Gasteiger partial charge in [0.2, 0.25) is 15.9 Å². The molecule has 0 aliphatic rings. The van der Waals surface area contributed by atoms with Gasteiger partial charge in [-0.3, -0.25) is 9.78 Å². The highest BCUT2D eigenvalue weighted by molar-refractivity contribution is 7.89. The van der Waals surface area contributed by atoms with E-state index < -0.39 is 10.0 Å². The van der Waals surface area contributed by atoms with E-state index in [1.807, 2.05) is 0 Å². The van der Waals surface area contributed by atoms with Crippen molar-refractivity contribution in [3.05, 3.63) is 54.4 Å². The molecule has 1 N–H and O–H groups in total. The number of anilines is 1. The average molecular weight is 319 g/mol. The molecule has 2 rings (SSSR count). The van der Waals surface area contributed by atoms with Crippen molar-refractivity contribution >= 4 is 21.6 Å². The molecule has 0 atom stereocenters. The Hall–Kier alpha value is -2.25. The van der Waals surface area contributed by atoms with Gasteiger partial charge in [0.05, 0.1) is 4.90 Å². The minimum atomic E-state index is -3.58. The molecule has 1 aromatic heterocycles. The number of carbonyl (C=O) groups excluding carboxylic acids is 1. The third-order valence-corrected chi connectivity index (χ3v) is 4.86. The first kappa shape index (κ1) is 16.1. The number of hydrogen-bond acceptors (Lipinski definition) is 4. The molecule has 116 valence electrons. The summed E-state index contributed by atoms with van der Waals surface area (Å²) in [6.07, 6.45) is 3.25. The van der Waals surface area contributed by atoms with E-state index in [9.17, 15) is 13.2 Å². The first-order valence-corrected chi connectivity index (χ1v) is 8.06. The fraction of sp³-hybridized carbons (Fsp3) is 0.200. The van der Waals surface area contributed by atoms with Crippen LogP contribution in [0.25, 0.3) is 0 Å². The lowest BCUT2D eigenvalue weighted by atomic mass is 10.3. The van der Waals surface area contributed by atoms with Gasteiger partial charge >= 0.3 is 0 Å². The Kier molecular flexibility index (Phi) is 4.89. The lowest BCUT2D eigenvalue weighted by Crippen LogP contribution is -2.26. The van der Waals surface area contributed by atoms with E-state index in [-0.39, 0.29) is 17.3 Å². The van der Waals surface area contributed by atoms with Crippen LogP contribution in [0.1, 0.15) is 12.5 Å². The van der Waals surface area contributed by atoms with Crippen LogP contribution in [0.4, 0.5) is 5.69 Å².